The Balaban J connectivity index is 1.83. The van der Waals surface area contributed by atoms with Crippen LogP contribution >= 0.6 is 23.1 Å². The molecule has 1 aromatic carbocycles. The second kappa shape index (κ2) is 8.29. The molecule has 0 saturated carbocycles. The number of hydrogen-bond acceptors (Lipinski definition) is 4. The van der Waals surface area contributed by atoms with Crippen molar-refractivity contribution < 1.29 is 9.18 Å². The van der Waals surface area contributed by atoms with Crippen LogP contribution in [-0.2, 0) is 17.0 Å². The van der Waals surface area contributed by atoms with Crippen LogP contribution in [0.4, 0.5) is 4.39 Å². The Morgan fingerprint density at radius 2 is 2.14 bits per heavy atom. The van der Waals surface area contributed by atoms with Crippen molar-refractivity contribution >= 4 is 29.0 Å². The molecule has 0 aliphatic rings. The van der Waals surface area contributed by atoms with Gasteiger partial charge in [0, 0.05) is 17.2 Å². The summed E-state index contributed by atoms with van der Waals surface area (Å²) in [5.41, 5.74) is 1.85. The summed E-state index contributed by atoms with van der Waals surface area (Å²) < 4.78 is 13.8. The number of nitrogens with one attached hydrogen (secondary N) is 1. The first-order valence-corrected chi connectivity index (χ1v) is 9.04. The van der Waals surface area contributed by atoms with Gasteiger partial charge in [-0.25, -0.2) is 9.37 Å². The quantitative estimate of drug-likeness (QED) is 0.775. The minimum absolute atomic E-state index is 0.00901. The van der Waals surface area contributed by atoms with E-state index in [0.717, 1.165) is 27.8 Å². The lowest BCUT2D eigenvalue weighted by Gasteiger charge is -2.10. The van der Waals surface area contributed by atoms with Gasteiger partial charge < -0.3 is 5.32 Å². The number of aromatic nitrogens is 1. The Morgan fingerprint density at radius 1 is 1.41 bits per heavy atom. The number of nitrogens with zero attached hydrogens (tertiary/aromatic N) is 1. The molecule has 1 N–H and O–H groups in total. The molecular weight excluding hydrogens is 319 g/mol. The molecule has 2 aromatic rings. The van der Waals surface area contributed by atoms with Gasteiger partial charge >= 0.3 is 0 Å². The summed E-state index contributed by atoms with van der Waals surface area (Å²) in [6.07, 6.45) is 1.24. The molecule has 1 unspecified atom stereocenters. The van der Waals surface area contributed by atoms with Gasteiger partial charge in [-0.15, -0.1) is 11.3 Å². The van der Waals surface area contributed by atoms with Crippen molar-refractivity contribution in [1.29, 1.82) is 0 Å². The van der Waals surface area contributed by atoms with Gasteiger partial charge in [0.25, 0.3) is 0 Å². The van der Waals surface area contributed by atoms with E-state index in [1.807, 2.05) is 19.2 Å². The standard InChI is InChI=1S/C16H19FN2OS2/c1-3-11(2)18-15(20)8-14-10-22-16(19-14)21-9-12-4-6-13(17)7-5-12/h4-7,10-11H,3,8-9H2,1-2H3,(H,18,20). The number of amides is 1. The number of halogens is 1. The van der Waals surface area contributed by atoms with E-state index < -0.39 is 0 Å². The highest BCUT2D eigenvalue weighted by Gasteiger charge is 2.10. The van der Waals surface area contributed by atoms with Crippen LogP contribution in [0.1, 0.15) is 31.5 Å². The minimum Gasteiger partial charge on any atom is -0.353 e. The summed E-state index contributed by atoms with van der Waals surface area (Å²) >= 11 is 3.14. The molecule has 0 aliphatic carbocycles. The lowest BCUT2D eigenvalue weighted by Crippen LogP contribution is -2.33. The first-order chi connectivity index (χ1) is 10.6. The number of thiazole rings is 1. The molecule has 6 heteroatoms. The molecular formula is C16H19FN2OS2. The minimum atomic E-state index is -0.224. The predicted octanol–water partition coefficient (Wildman–Crippen LogP) is 4.03. The van der Waals surface area contributed by atoms with E-state index in [9.17, 15) is 9.18 Å². The second-order valence-electron chi connectivity index (χ2n) is 5.07. The molecule has 22 heavy (non-hydrogen) atoms. The third-order valence-electron chi connectivity index (χ3n) is 3.17. The maximum absolute atomic E-state index is 12.8. The summed E-state index contributed by atoms with van der Waals surface area (Å²) in [4.78, 5) is 16.3. The molecule has 0 radical (unpaired) electrons. The van der Waals surface area contributed by atoms with Gasteiger partial charge in [-0.05, 0) is 31.0 Å². The second-order valence-corrected chi connectivity index (χ2v) is 7.15. The third-order valence-corrected chi connectivity index (χ3v) is 5.31. The molecule has 118 valence electrons. The van der Waals surface area contributed by atoms with E-state index in [0.29, 0.717) is 6.42 Å². The van der Waals surface area contributed by atoms with Crippen molar-refractivity contribution in [1.82, 2.24) is 10.3 Å². The average Bonchev–Trinajstić information content (AvgIpc) is 2.93. The molecule has 3 nitrogen and oxygen atoms in total. The van der Waals surface area contributed by atoms with Crippen LogP contribution in [0.5, 0.6) is 0 Å². The lowest BCUT2D eigenvalue weighted by molar-refractivity contribution is -0.121. The third kappa shape index (κ3) is 5.42. The van der Waals surface area contributed by atoms with Crippen LogP contribution < -0.4 is 5.32 Å². The van der Waals surface area contributed by atoms with Crippen molar-refractivity contribution in [3.05, 3.63) is 46.7 Å². The molecule has 0 bridgehead atoms. The van der Waals surface area contributed by atoms with Gasteiger partial charge in [0.15, 0.2) is 0 Å². The van der Waals surface area contributed by atoms with Crippen LogP contribution in [0, 0.1) is 5.82 Å². The van der Waals surface area contributed by atoms with Gasteiger partial charge in [0.2, 0.25) is 5.91 Å². The number of thioether (sulfide) groups is 1. The fourth-order valence-electron chi connectivity index (χ4n) is 1.75. The van der Waals surface area contributed by atoms with Gasteiger partial charge in [-0.1, -0.05) is 30.8 Å². The van der Waals surface area contributed by atoms with Crippen molar-refractivity contribution in [2.24, 2.45) is 0 Å². The van der Waals surface area contributed by atoms with E-state index in [2.05, 4.69) is 10.3 Å². The Labute approximate surface area is 138 Å². The molecule has 1 heterocycles. The number of hydrogen-bond donors (Lipinski definition) is 1. The largest absolute Gasteiger partial charge is 0.353 e. The maximum Gasteiger partial charge on any atom is 0.226 e. The highest BCUT2D eigenvalue weighted by atomic mass is 32.2. The molecule has 1 aromatic heterocycles. The number of carbonyl (C=O) groups is 1. The fourth-order valence-corrected chi connectivity index (χ4v) is 3.55. The molecule has 0 saturated heterocycles. The van der Waals surface area contributed by atoms with Crippen LogP contribution in [0.25, 0.3) is 0 Å². The van der Waals surface area contributed by atoms with Gasteiger partial charge in [-0.2, -0.15) is 0 Å². The van der Waals surface area contributed by atoms with E-state index in [-0.39, 0.29) is 17.8 Å². The zero-order chi connectivity index (χ0) is 15.9. The van der Waals surface area contributed by atoms with Gasteiger partial charge in [0.05, 0.1) is 12.1 Å². The summed E-state index contributed by atoms with van der Waals surface area (Å²) in [5, 5.41) is 4.85. The number of carbonyl (C=O) groups excluding carboxylic acids is 1. The Morgan fingerprint density at radius 3 is 2.82 bits per heavy atom. The Kier molecular flexibility index (Phi) is 6.39. The predicted molar refractivity (Wildman–Crippen MR) is 89.7 cm³/mol. The number of rotatable bonds is 7. The van der Waals surface area contributed by atoms with Crippen LogP contribution in [-0.4, -0.2) is 16.9 Å². The van der Waals surface area contributed by atoms with E-state index in [1.54, 1.807) is 23.9 Å². The number of benzene rings is 1. The fraction of sp³-hybridized carbons (Fsp3) is 0.375. The molecule has 0 fully saturated rings. The van der Waals surface area contributed by atoms with E-state index >= 15 is 0 Å². The summed E-state index contributed by atoms with van der Waals surface area (Å²) in [6, 6.07) is 6.66. The molecule has 0 aliphatic heterocycles. The zero-order valence-corrected chi connectivity index (χ0v) is 14.3. The van der Waals surface area contributed by atoms with Crippen LogP contribution in [0.15, 0.2) is 34.0 Å². The van der Waals surface area contributed by atoms with Crippen LogP contribution in [0.2, 0.25) is 0 Å². The van der Waals surface area contributed by atoms with Crippen molar-refractivity contribution in [2.45, 2.75) is 42.8 Å². The molecule has 0 spiro atoms. The van der Waals surface area contributed by atoms with Gasteiger partial charge in [-0.3, -0.25) is 4.79 Å². The monoisotopic (exact) mass is 338 g/mol. The summed E-state index contributed by atoms with van der Waals surface area (Å²) in [5.74, 6) is 0.527. The first-order valence-electron chi connectivity index (χ1n) is 7.18. The topological polar surface area (TPSA) is 42.0 Å². The van der Waals surface area contributed by atoms with E-state index in [1.165, 1.54) is 23.5 Å². The average molecular weight is 338 g/mol. The summed E-state index contributed by atoms with van der Waals surface area (Å²) in [7, 11) is 0. The first kappa shape index (κ1) is 17.0. The highest BCUT2D eigenvalue weighted by molar-refractivity contribution is 8.00. The Hall–Kier alpha value is -1.40. The smallest absolute Gasteiger partial charge is 0.226 e. The molecule has 1 amide bonds. The molecule has 1 atom stereocenters. The normalized spacial score (nSPS) is 12.1. The lowest BCUT2D eigenvalue weighted by atomic mass is 10.2. The molecule has 2 rings (SSSR count). The van der Waals surface area contributed by atoms with Crippen LogP contribution in [0.3, 0.4) is 0 Å². The Bertz CT molecular complexity index is 613. The van der Waals surface area contributed by atoms with E-state index in [4.69, 9.17) is 0 Å². The summed E-state index contributed by atoms with van der Waals surface area (Å²) in [6.45, 7) is 4.03. The van der Waals surface area contributed by atoms with Crippen molar-refractivity contribution in [3.63, 3.8) is 0 Å². The van der Waals surface area contributed by atoms with Gasteiger partial charge in [0.1, 0.15) is 10.2 Å². The zero-order valence-electron chi connectivity index (χ0n) is 12.6. The van der Waals surface area contributed by atoms with Crippen molar-refractivity contribution in [2.75, 3.05) is 0 Å². The highest BCUT2D eigenvalue weighted by Crippen LogP contribution is 2.26. The van der Waals surface area contributed by atoms with Crippen molar-refractivity contribution in [3.8, 4) is 0 Å². The maximum atomic E-state index is 12.8. The SMILES string of the molecule is CCC(C)NC(=O)Cc1csc(SCc2ccc(F)cc2)n1.